The number of benzene rings is 3. The summed E-state index contributed by atoms with van der Waals surface area (Å²) in [5.74, 6) is 1.04. The van der Waals surface area contributed by atoms with E-state index in [1.807, 2.05) is 144 Å². The van der Waals surface area contributed by atoms with Gasteiger partial charge in [-0.25, -0.2) is 48.9 Å². The van der Waals surface area contributed by atoms with Crippen LogP contribution in [0.3, 0.4) is 0 Å². The van der Waals surface area contributed by atoms with Crippen molar-refractivity contribution >= 4 is 57.7 Å². The molecule has 454 valence electrons. The monoisotopic (exact) mass is 1210 g/mol. The van der Waals surface area contributed by atoms with Crippen molar-refractivity contribution in [2.75, 3.05) is 23.7 Å². The molecule has 3 aromatic carbocycles. The van der Waals surface area contributed by atoms with Crippen LogP contribution in [0.25, 0.3) is 73.0 Å². The number of rotatable bonds is 13. The average Bonchev–Trinajstić information content (AvgIpc) is 3.79. The summed E-state index contributed by atoms with van der Waals surface area (Å²) in [6.45, 7) is 9.65. The Hall–Kier alpha value is -10.6. The molecule has 11 aromatic rings. The van der Waals surface area contributed by atoms with Gasteiger partial charge in [0.05, 0.1) is 35.2 Å². The summed E-state index contributed by atoms with van der Waals surface area (Å²) in [5, 5.41) is 25.0. The molecule has 2 aliphatic rings. The van der Waals surface area contributed by atoms with Crippen LogP contribution in [0.15, 0.2) is 152 Å². The van der Waals surface area contributed by atoms with E-state index in [-0.39, 0.29) is 49.6 Å². The number of aromatic nitrogens is 14. The van der Waals surface area contributed by atoms with Gasteiger partial charge in [0.15, 0.2) is 0 Å². The fourth-order valence-electron chi connectivity index (χ4n) is 11.1. The number of amides is 2. The summed E-state index contributed by atoms with van der Waals surface area (Å²) in [5.41, 5.74) is 13.1. The zero-order chi connectivity index (χ0) is 62.0. The van der Waals surface area contributed by atoms with Gasteiger partial charge in [0.25, 0.3) is 0 Å². The minimum Gasteiger partial charge on any atom is -0.445 e. The van der Waals surface area contributed by atoms with Crippen molar-refractivity contribution in [2.45, 2.75) is 90.8 Å². The van der Waals surface area contributed by atoms with Gasteiger partial charge in [0.2, 0.25) is 11.9 Å². The molecule has 2 saturated heterocycles. The third-order valence-corrected chi connectivity index (χ3v) is 15.9. The second-order valence-corrected chi connectivity index (χ2v) is 22.2. The van der Waals surface area contributed by atoms with Crippen LogP contribution >= 0.6 is 0 Å². The molecule has 2 amide bonds. The first-order valence-corrected chi connectivity index (χ1v) is 29.8. The van der Waals surface area contributed by atoms with Gasteiger partial charge in [-0.3, -0.25) is 0 Å². The van der Waals surface area contributed by atoms with E-state index in [0.717, 1.165) is 121 Å². The van der Waals surface area contributed by atoms with E-state index in [2.05, 4.69) is 89.0 Å². The van der Waals surface area contributed by atoms with Crippen LogP contribution in [-0.2, 0) is 48.4 Å². The zero-order valence-corrected chi connectivity index (χ0v) is 50.8. The second kappa shape index (κ2) is 27.4. The molecule has 25 heteroatoms. The number of anilines is 2. The van der Waals surface area contributed by atoms with Crippen LogP contribution in [0, 0.1) is 13.8 Å². The maximum atomic E-state index is 13.1. The molecule has 8 aromatic heterocycles. The molecule has 0 aliphatic carbocycles. The Bertz CT molecular complexity index is 4290. The highest BCUT2D eigenvalue weighted by molar-refractivity contribution is 7.51. The molecule has 3 N–H and O–H groups in total. The third-order valence-electron chi connectivity index (χ3n) is 15.9. The van der Waals surface area contributed by atoms with E-state index in [9.17, 15) is 9.59 Å². The molecule has 4 atom stereocenters. The number of fused-ring (bicyclic) bond motifs is 2. The Morgan fingerprint density at radius 3 is 1.55 bits per heavy atom. The first-order chi connectivity index (χ1) is 43.3. The van der Waals surface area contributed by atoms with Gasteiger partial charge in [0.1, 0.15) is 35.9 Å². The van der Waals surface area contributed by atoms with Crippen molar-refractivity contribution in [3.05, 3.63) is 175 Å². The molecule has 0 spiro atoms. The number of H-pyrrole nitrogens is 1. The number of hydrogen-bond donors (Lipinski definition) is 3. The molecule has 2 fully saturated rings. The summed E-state index contributed by atoms with van der Waals surface area (Å²) in [7, 11) is 3.70. The van der Waals surface area contributed by atoms with Crippen LogP contribution in [0.2, 0.25) is 0 Å². The fraction of sp³-hybridized carbons (Fsp3) is 0.281. The Morgan fingerprint density at radius 1 is 0.584 bits per heavy atom. The fourth-order valence-corrected chi connectivity index (χ4v) is 11.1. The molecule has 0 bridgehead atoms. The number of aryl methyl sites for hydroxylation is 4. The van der Waals surface area contributed by atoms with Gasteiger partial charge in [0, 0.05) is 104 Å². The number of likely N-dealkylation sites (tertiary alicyclic amines) is 2. The minimum atomic E-state index is -0.750. The lowest BCUT2D eigenvalue weighted by Gasteiger charge is -2.37. The van der Waals surface area contributed by atoms with E-state index < -0.39 is 11.6 Å². The van der Waals surface area contributed by atoms with Crippen molar-refractivity contribution < 1.29 is 27.5 Å². The van der Waals surface area contributed by atoms with Crippen molar-refractivity contribution in [3.8, 4) is 51.0 Å². The molecule has 0 unspecified atom stereocenters. The van der Waals surface area contributed by atoms with Gasteiger partial charge < -0.3 is 39.5 Å². The predicted molar refractivity (Wildman–Crippen MR) is 336 cm³/mol. The molecule has 24 nitrogen and oxygen atoms in total. The number of piperidine rings is 2. The Kier molecular flexibility index (Phi) is 18.5. The SMILES string of the molecule is Cc1cnc(N[C@H]2CC[C@H](C)N(C(=O)OCc3ccccc3)C2)nc1-c1c[nH]c2nc(-c3cnnn3C)ccc12.Cc1cnc(N[C@H]2CC[C@H](C)N(C(=O)OCc3ccccc3)C2)nc1-c1cn(-c2ccccc2)c2nc(-c3cnnn3C)ccc12.O=S=O. The Labute approximate surface area is 516 Å². The van der Waals surface area contributed by atoms with Crippen molar-refractivity contribution in [1.82, 2.24) is 79.2 Å². The zero-order valence-electron chi connectivity index (χ0n) is 50.0. The van der Waals surface area contributed by atoms with Gasteiger partial charge in [-0.2, -0.15) is 8.42 Å². The Morgan fingerprint density at radius 2 is 1.06 bits per heavy atom. The minimum absolute atomic E-state index is 0.00993. The number of hydrogen-bond acceptors (Lipinski definition) is 18. The predicted octanol–water partition coefficient (Wildman–Crippen LogP) is 10.2. The summed E-state index contributed by atoms with van der Waals surface area (Å²) in [4.78, 5) is 61.8. The quantitative estimate of drug-likeness (QED) is 0.0967. The van der Waals surface area contributed by atoms with E-state index in [0.29, 0.717) is 25.0 Å². The first kappa shape index (κ1) is 60.1. The van der Waals surface area contributed by atoms with Crippen LogP contribution in [-0.4, -0.2) is 137 Å². The van der Waals surface area contributed by atoms with Crippen molar-refractivity contribution in [1.29, 1.82) is 0 Å². The number of aromatic amines is 1. The number of pyridine rings is 2. The topological polar surface area (TPSA) is 277 Å². The van der Waals surface area contributed by atoms with Crippen LogP contribution < -0.4 is 10.6 Å². The lowest BCUT2D eigenvalue weighted by Crippen LogP contribution is -2.50. The molecule has 89 heavy (non-hydrogen) atoms. The number of para-hydroxylation sites is 1. The maximum absolute atomic E-state index is 13.1. The lowest BCUT2D eigenvalue weighted by atomic mass is 10.00. The van der Waals surface area contributed by atoms with Gasteiger partial charge in [-0.05, 0) is 112 Å². The highest BCUT2D eigenvalue weighted by atomic mass is 32.1. The molecule has 2 aliphatic heterocycles. The molecular formula is C64H66N18O6S. The van der Waals surface area contributed by atoms with Crippen molar-refractivity contribution in [2.24, 2.45) is 14.1 Å². The Balaban J connectivity index is 0.000000177. The van der Waals surface area contributed by atoms with Gasteiger partial charge in [-0.15, -0.1) is 10.2 Å². The van der Waals surface area contributed by atoms with Crippen LogP contribution in [0.1, 0.15) is 61.8 Å². The van der Waals surface area contributed by atoms with E-state index in [4.69, 9.17) is 37.8 Å². The molecular weight excluding hydrogens is 1150 g/mol. The lowest BCUT2D eigenvalue weighted by molar-refractivity contribution is 0.0689. The molecule has 0 radical (unpaired) electrons. The maximum Gasteiger partial charge on any atom is 0.410 e. The summed E-state index contributed by atoms with van der Waals surface area (Å²) < 4.78 is 33.4. The van der Waals surface area contributed by atoms with Crippen LogP contribution in [0.5, 0.6) is 0 Å². The third kappa shape index (κ3) is 13.8. The highest BCUT2D eigenvalue weighted by Gasteiger charge is 2.32. The smallest absolute Gasteiger partial charge is 0.410 e. The van der Waals surface area contributed by atoms with Gasteiger partial charge >= 0.3 is 23.8 Å². The average molecular weight is 1220 g/mol. The van der Waals surface area contributed by atoms with E-state index in [1.54, 1.807) is 31.6 Å². The highest BCUT2D eigenvalue weighted by Crippen LogP contribution is 2.36. The number of nitrogens with one attached hydrogen (secondary N) is 3. The molecule has 10 heterocycles. The second-order valence-electron chi connectivity index (χ2n) is 22.0. The summed E-state index contributed by atoms with van der Waals surface area (Å²) in [6.07, 6.45) is 14.0. The summed E-state index contributed by atoms with van der Waals surface area (Å²) in [6, 6.07) is 37.8. The van der Waals surface area contributed by atoms with Gasteiger partial charge in [-0.1, -0.05) is 89.3 Å². The standard InChI is InChI=1S/C35H35N9O2.C29H31N9O2.O2S/c1-23-18-36-34(38-26-15-14-24(2)43(20-26)35(45)46-22-25-10-6-4-7-11-25)40-32(23)29-21-44(27-12-8-5-9-13-27)33-28(29)16-17-30(39-33)31-19-37-41-42(31)3;1-18-13-31-28(33-21-10-9-19(2)38(16-21)29(39)40-17-20-7-5-4-6-8-20)35-26(18)23-14-30-27-22(23)11-12-24(34-27)25-15-32-36-37(25)3;1-3-2/h4-13,16-19,21,24,26H,14-15,20,22H2,1-3H3,(H,36,38,40);4-8,11-15,19,21H,9-10,16-17H2,1-3H3,(H,30,34)(H,31,33,35);/t24-,26-;19-,21-;/m00./s1. The first-order valence-electron chi connectivity index (χ1n) is 29.2. The van der Waals surface area contributed by atoms with Crippen LogP contribution in [0.4, 0.5) is 21.5 Å². The normalized spacial score (nSPS) is 16.4. The number of nitrogens with zero attached hydrogens (tertiary/aromatic N) is 15. The molecule has 13 rings (SSSR count). The summed E-state index contributed by atoms with van der Waals surface area (Å²) >= 11 is -0.750. The largest absolute Gasteiger partial charge is 0.445 e. The number of ether oxygens (including phenoxy) is 2. The van der Waals surface area contributed by atoms with E-state index >= 15 is 0 Å². The number of carbonyl (C=O) groups is 2. The van der Waals surface area contributed by atoms with E-state index in [1.165, 1.54) is 0 Å². The van der Waals surface area contributed by atoms with Crippen molar-refractivity contribution in [3.63, 3.8) is 0 Å². The molecule has 0 saturated carbocycles. The number of carbonyl (C=O) groups excluding carboxylic acids is 2.